The second-order valence-electron chi connectivity index (χ2n) is 5.25. The fourth-order valence-corrected chi connectivity index (χ4v) is 2.54. The first kappa shape index (κ1) is 15.0. The van der Waals surface area contributed by atoms with Gasteiger partial charge in [0.2, 0.25) is 0 Å². The molecule has 1 rings (SSSR count). The first-order valence-electron chi connectivity index (χ1n) is 7.76. The maximum absolute atomic E-state index is 5.98. The maximum atomic E-state index is 5.98. The van der Waals surface area contributed by atoms with Crippen molar-refractivity contribution < 1.29 is 4.74 Å². The molecular weight excluding hydrogens is 210 g/mol. The molecule has 0 aliphatic heterocycles. The molecule has 0 atom stereocenters. The van der Waals surface area contributed by atoms with Gasteiger partial charge < -0.3 is 10.1 Å². The van der Waals surface area contributed by atoms with Crippen LogP contribution in [0, 0.1) is 0 Å². The van der Waals surface area contributed by atoms with E-state index in [9.17, 15) is 0 Å². The van der Waals surface area contributed by atoms with E-state index >= 15 is 0 Å². The lowest BCUT2D eigenvalue weighted by atomic mass is 10.1. The topological polar surface area (TPSA) is 21.3 Å². The molecule has 0 saturated heterocycles. The van der Waals surface area contributed by atoms with Gasteiger partial charge in [0.25, 0.3) is 0 Å². The maximum Gasteiger partial charge on any atom is 0.0575 e. The number of ether oxygens (including phenoxy) is 1. The summed E-state index contributed by atoms with van der Waals surface area (Å²) in [6, 6.07) is 0. The fraction of sp³-hybridized carbons (Fsp3) is 1.00. The zero-order valence-electron chi connectivity index (χ0n) is 11.7. The van der Waals surface area contributed by atoms with Crippen molar-refractivity contribution in [2.75, 3.05) is 19.7 Å². The third-order valence-electron chi connectivity index (χ3n) is 3.65. The van der Waals surface area contributed by atoms with Crippen molar-refractivity contribution in [2.45, 2.75) is 77.2 Å². The quantitative estimate of drug-likeness (QED) is 0.488. The average molecular weight is 241 g/mol. The first-order valence-corrected chi connectivity index (χ1v) is 7.76. The Morgan fingerprint density at radius 3 is 2.35 bits per heavy atom. The van der Waals surface area contributed by atoms with Crippen LogP contribution in [0.1, 0.15) is 71.1 Å². The van der Waals surface area contributed by atoms with Crippen molar-refractivity contribution >= 4 is 0 Å². The van der Waals surface area contributed by atoms with E-state index < -0.39 is 0 Å². The van der Waals surface area contributed by atoms with Crippen LogP contribution in [0.4, 0.5) is 0 Å². The molecule has 1 N–H and O–H groups in total. The number of nitrogens with one attached hydrogen (secondary N) is 1. The van der Waals surface area contributed by atoms with Gasteiger partial charge in [0.1, 0.15) is 0 Å². The van der Waals surface area contributed by atoms with E-state index in [2.05, 4.69) is 12.2 Å². The summed E-state index contributed by atoms with van der Waals surface area (Å²) in [7, 11) is 0. The molecule has 0 heterocycles. The Morgan fingerprint density at radius 1 is 0.941 bits per heavy atom. The Morgan fingerprint density at radius 2 is 1.65 bits per heavy atom. The van der Waals surface area contributed by atoms with Gasteiger partial charge in [0.15, 0.2) is 0 Å². The van der Waals surface area contributed by atoms with Crippen molar-refractivity contribution in [3.63, 3.8) is 0 Å². The summed E-state index contributed by atoms with van der Waals surface area (Å²) in [5.74, 6) is 0. The lowest BCUT2D eigenvalue weighted by Gasteiger charge is -2.15. The normalized spacial score (nSPS) is 18.2. The molecule has 1 fully saturated rings. The average Bonchev–Trinajstić information content (AvgIpc) is 2.61. The summed E-state index contributed by atoms with van der Waals surface area (Å²) >= 11 is 0. The first-order chi connectivity index (χ1) is 8.43. The van der Waals surface area contributed by atoms with Gasteiger partial charge in [-0.15, -0.1) is 0 Å². The van der Waals surface area contributed by atoms with Gasteiger partial charge in [-0.25, -0.2) is 0 Å². The predicted octanol–water partition coefficient (Wildman–Crippen LogP) is 3.90. The molecule has 0 aromatic carbocycles. The lowest BCUT2D eigenvalue weighted by molar-refractivity contribution is 0.0407. The SMILES string of the molecule is CCNCCCCCCOC1CCCCCC1. The molecule has 1 aliphatic rings. The molecule has 1 saturated carbocycles. The number of hydrogen-bond acceptors (Lipinski definition) is 2. The van der Waals surface area contributed by atoms with E-state index in [-0.39, 0.29) is 0 Å². The van der Waals surface area contributed by atoms with Crippen LogP contribution in [-0.4, -0.2) is 25.8 Å². The highest BCUT2D eigenvalue weighted by molar-refractivity contribution is 4.63. The molecule has 1 aliphatic carbocycles. The second-order valence-corrected chi connectivity index (χ2v) is 5.25. The summed E-state index contributed by atoms with van der Waals surface area (Å²) in [6.07, 6.45) is 14.1. The Kier molecular flexibility index (Phi) is 9.72. The molecule has 2 heteroatoms. The van der Waals surface area contributed by atoms with Crippen LogP contribution in [0.5, 0.6) is 0 Å². The number of unbranched alkanes of at least 4 members (excludes halogenated alkanes) is 3. The van der Waals surface area contributed by atoms with Gasteiger partial charge in [-0.2, -0.15) is 0 Å². The molecule has 0 amide bonds. The van der Waals surface area contributed by atoms with E-state index in [1.54, 1.807) is 0 Å². The molecule has 2 nitrogen and oxygen atoms in total. The zero-order valence-corrected chi connectivity index (χ0v) is 11.7. The van der Waals surface area contributed by atoms with Crippen molar-refractivity contribution in [2.24, 2.45) is 0 Å². The molecule has 0 bridgehead atoms. The Balaban J connectivity index is 1.82. The smallest absolute Gasteiger partial charge is 0.0575 e. The Bertz CT molecular complexity index is 153. The molecule has 0 radical (unpaired) electrons. The van der Waals surface area contributed by atoms with E-state index in [0.29, 0.717) is 6.10 Å². The summed E-state index contributed by atoms with van der Waals surface area (Å²) in [5.41, 5.74) is 0. The van der Waals surface area contributed by atoms with Gasteiger partial charge in [-0.3, -0.25) is 0 Å². The Labute approximate surface area is 108 Å². The van der Waals surface area contributed by atoms with Crippen LogP contribution in [0.25, 0.3) is 0 Å². The molecular formula is C15H31NO. The van der Waals surface area contributed by atoms with Crippen molar-refractivity contribution in [1.82, 2.24) is 5.32 Å². The van der Waals surface area contributed by atoms with Gasteiger partial charge in [-0.05, 0) is 38.8 Å². The highest BCUT2D eigenvalue weighted by Crippen LogP contribution is 2.20. The van der Waals surface area contributed by atoms with Crippen LogP contribution in [0.15, 0.2) is 0 Å². The summed E-state index contributed by atoms with van der Waals surface area (Å²) in [4.78, 5) is 0. The standard InChI is InChI=1S/C15H31NO/c1-2-16-13-9-5-6-10-14-17-15-11-7-3-4-8-12-15/h15-16H,2-14H2,1H3. The molecule has 0 spiro atoms. The second kappa shape index (κ2) is 11.0. The minimum atomic E-state index is 0.583. The van der Waals surface area contributed by atoms with Crippen LogP contribution in [0.3, 0.4) is 0 Å². The van der Waals surface area contributed by atoms with Gasteiger partial charge >= 0.3 is 0 Å². The van der Waals surface area contributed by atoms with Crippen molar-refractivity contribution in [3.8, 4) is 0 Å². The van der Waals surface area contributed by atoms with Crippen LogP contribution >= 0.6 is 0 Å². The minimum Gasteiger partial charge on any atom is -0.378 e. The number of hydrogen-bond donors (Lipinski definition) is 1. The van der Waals surface area contributed by atoms with Gasteiger partial charge in [0, 0.05) is 6.61 Å². The summed E-state index contributed by atoms with van der Waals surface area (Å²) < 4.78 is 5.98. The largest absolute Gasteiger partial charge is 0.378 e. The highest BCUT2D eigenvalue weighted by atomic mass is 16.5. The van der Waals surface area contributed by atoms with Crippen LogP contribution in [0.2, 0.25) is 0 Å². The lowest BCUT2D eigenvalue weighted by Crippen LogP contribution is -2.14. The van der Waals surface area contributed by atoms with Crippen LogP contribution < -0.4 is 5.32 Å². The van der Waals surface area contributed by atoms with Gasteiger partial charge in [-0.1, -0.05) is 45.4 Å². The third-order valence-corrected chi connectivity index (χ3v) is 3.65. The molecule has 0 unspecified atom stereocenters. The van der Waals surface area contributed by atoms with Crippen molar-refractivity contribution in [1.29, 1.82) is 0 Å². The van der Waals surface area contributed by atoms with E-state index in [1.165, 1.54) is 70.8 Å². The summed E-state index contributed by atoms with van der Waals surface area (Å²) in [5, 5.41) is 3.37. The molecule has 102 valence electrons. The third kappa shape index (κ3) is 8.62. The minimum absolute atomic E-state index is 0.583. The fourth-order valence-electron chi connectivity index (χ4n) is 2.54. The van der Waals surface area contributed by atoms with E-state index in [4.69, 9.17) is 4.74 Å². The zero-order chi connectivity index (χ0) is 12.2. The van der Waals surface area contributed by atoms with Crippen molar-refractivity contribution in [3.05, 3.63) is 0 Å². The van der Waals surface area contributed by atoms with E-state index in [1.807, 2.05) is 0 Å². The van der Waals surface area contributed by atoms with Gasteiger partial charge in [0.05, 0.1) is 6.10 Å². The highest BCUT2D eigenvalue weighted by Gasteiger charge is 2.11. The Hall–Kier alpha value is -0.0800. The molecule has 0 aromatic rings. The number of rotatable bonds is 9. The van der Waals surface area contributed by atoms with E-state index in [0.717, 1.165) is 13.2 Å². The molecule has 17 heavy (non-hydrogen) atoms. The monoisotopic (exact) mass is 241 g/mol. The molecule has 0 aromatic heterocycles. The summed E-state index contributed by atoms with van der Waals surface area (Å²) in [6.45, 7) is 5.44. The van der Waals surface area contributed by atoms with Crippen LogP contribution in [-0.2, 0) is 4.74 Å². The predicted molar refractivity (Wildman–Crippen MR) is 74.5 cm³/mol.